The van der Waals surface area contributed by atoms with Gasteiger partial charge in [-0.15, -0.1) is 0 Å². The normalized spacial score (nSPS) is 10.2. The fraction of sp³-hybridized carbons (Fsp3) is 0.214. The molecule has 6 nitrogen and oxygen atoms in total. The van der Waals surface area contributed by atoms with Crippen LogP contribution in [0.15, 0.2) is 41.5 Å². The molecule has 0 aliphatic carbocycles. The zero-order chi connectivity index (χ0) is 14.5. The Bertz CT molecular complexity index is 679. The standard InChI is InChI=1S/C14H14N2O4/c1-10-8-15-14(19)16(9-10)5-6-20-12-4-2-3-11(7-12)13(17)18/h2-4,7-9H,5-6H2,1H3,(H,17,18). The van der Waals surface area contributed by atoms with Crippen LogP contribution in [0.5, 0.6) is 5.75 Å². The number of ether oxygens (including phenoxy) is 1. The molecule has 0 saturated carbocycles. The number of rotatable bonds is 5. The molecule has 2 rings (SSSR count). The van der Waals surface area contributed by atoms with Crippen molar-refractivity contribution in [2.75, 3.05) is 6.61 Å². The number of hydrogen-bond acceptors (Lipinski definition) is 4. The predicted octanol–water partition coefficient (Wildman–Crippen LogP) is 1.33. The van der Waals surface area contributed by atoms with Gasteiger partial charge >= 0.3 is 11.7 Å². The Hall–Kier alpha value is -2.63. The summed E-state index contributed by atoms with van der Waals surface area (Å²) in [6, 6.07) is 6.21. The van der Waals surface area contributed by atoms with Gasteiger partial charge in [0.2, 0.25) is 0 Å². The van der Waals surface area contributed by atoms with Crippen molar-refractivity contribution in [3.8, 4) is 5.75 Å². The maximum Gasteiger partial charge on any atom is 0.347 e. The lowest BCUT2D eigenvalue weighted by atomic mass is 10.2. The van der Waals surface area contributed by atoms with Gasteiger partial charge in [-0.25, -0.2) is 14.6 Å². The van der Waals surface area contributed by atoms with Crippen LogP contribution < -0.4 is 10.4 Å². The molecular weight excluding hydrogens is 260 g/mol. The fourth-order valence-corrected chi connectivity index (χ4v) is 1.71. The lowest BCUT2D eigenvalue weighted by Crippen LogP contribution is -2.25. The third-order valence-electron chi connectivity index (χ3n) is 2.67. The SMILES string of the molecule is Cc1cnc(=O)n(CCOc2cccc(C(=O)O)c2)c1. The van der Waals surface area contributed by atoms with E-state index in [-0.39, 0.29) is 17.9 Å². The first-order valence-corrected chi connectivity index (χ1v) is 6.05. The second kappa shape index (κ2) is 6.01. The van der Waals surface area contributed by atoms with E-state index in [0.717, 1.165) is 5.56 Å². The first-order chi connectivity index (χ1) is 9.56. The molecule has 0 radical (unpaired) electrons. The maximum absolute atomic E-state index is 11.5. The van der Waals surface area contributed by atoms with E-state index in [0.29, 0.717) is 12.3 Å². The number of benzene rings is 1. The van der Waals surface area contributed by atoms with Crippen LogP contribution in [0, 0.1) is 6.92 Å². The minimum Gasteiger partial charge on any atom is -0.492 e. The molecular formula is C14H14N2O4. The average molecular weight is 274 g/mol. The van der Waals surface area contributed by atoms with Crippen LogP contribution in [0.2, 0.25) is 0 Å². The van der Waals surface area contributed by atoms with Gasteiger partial charge in [0.15, 0.2) is 0 Å². The van der Waals surface area contributed by atoms with Crippen LogP contribution in [0.4, 0.5) is 0 Å². The van der Waals surface area contributed by atoms with Gasteiger partial charge < -0.3 is 9.84 Å². The predicted molar refractivity (Wildman–Crippen MR) is 72.1 cm³/mol. The van der Waals surface area contributed by atoms with Crippen LogP contribution in [0.1, 0.15) is 15.9 Å². The Morgan fingerprint density at radius 1 is 1.45 bits per heavy atom. The monoisotopic (exact) mass is 274 g/mol. The molecule has 6 heteroatoms. The minimum atomic E-state index is -1.01. The number of nitrogens with zero attached hydrogens (tertiary/aromatic N) is 2. The molecule has 0 aliphatic rings. The second-order valence-electron chi connectivity index (χ2n) is 4.29. The molecule has 0 unspecified atom stereocenters. The quantitative estimate of drug-likeness (QED) is 0.889. The van der Waals surface area contributed by atoms with E-state index in [2.05, 4.69) is 4.98 Å². The van der Waals surface area contributed by atoms with E-state index in [1.807, 2.05) is 6.92 Å². The van der Waals surface area contributed by atoms with Gasteiger partial charge in [-0.2, -0.15) is 0 Å². The average Bonchev–Trinajstić information content (AvgIpc) is 2.43. The summed E-state index contributed by atoms with van der Waals surface area (Å²) >= 11 is 0. The van der Waals surface area contributed by atoms with E-state index in [9.17, 15) is 9.59 Å². The van der Waals surface area contributed by atoms with Crippen LogP contribution in [0.3, 0.4) is 0 Å². The van der Waals surface area contributed by atoms with Crippen molar-refractivity contribution in [3.05, 3.63) is 58.3 Å². The summed E-state index contributed by atoms with van der Waals surface area (Å²) in [7, 11) is 0. The minimum absolute atomic E-state index is 0.164. The molecule has 0 spiro atoms. The first kappa shape index (κ1) is 13.8. The van der Waals surface area contributed by atoms with Gasteiger partial charge in [0.05, 0.1) is 12.1 Å². The van der Waals surface area contributed by atoms with Crippen molar-refractivity contribution < 1.29 is 14.6 Å². The first-order valence-electron chi connectivity index (χ1n) is 6.05. The summed E-state index contributed by atoms with van der Waals surface area (Å²) in [5, 5.41) is 8.87. The van der Waals surface area contributed by atoms with Gasteiger partial charge in [0.1, 0.15) is 12.4 Å². The Labute approximate surface area is 115 Å². The van der Waals surface area contributed by atoms with Crippen molar-refractivity contribution in [1.82, 2.24) is 9.55 Å². The molecule has 0 fully saturated rings. The lowest BCUT2D eigenvalue weighted by Gasteiger charge is -2.08. The molecule has 1 N–H and O–H groups in total. The zero-order valence-corrected chi connectivity index (χ0v) is 10.9. The van der Waals surface area contributed by atoms with Gasteiger partial charge in [-0.05, 0) is 30.7 Å². The van der Waals surface area contributed by atoms with E-state index in [1.54, 1.807) is 18.3 Å². The number of aromatic carboxylic acids is 1. The number of aromatic nitrogens is 2. The highest BCUT2D eigenvalue weighted by Crippen LogP contribution is 2.13. The highest BCUT2D eigenvalue weighted by molar-refractivity contribution is 5.87. The molecule has 0 aliphatic heterocycles. The molecule has 1 aromatic heterocycles. The highest BCUT2D eigenvalue weighted by Gasteiger charge is 2.04. The van der Waals surface area contributed by atoms with Crippen LogP contribution >= 0.6 is 0 Å². The van der Waals surface area contributed by atoms with E-state index < -0.39 is 5.97 Å². The molecule has 104 valence electrons. The van der Waals surface area contributed by atoms with Crippen molar-refractivity contribution in [2.45, 2.75) is 13.5 Å². The number of carbonyl (C=O) groups is 1. The lowest BCUT2D eigenvalue weighted by molar-refractivity contribution is 0.0696. The van der Waals surface area contributed by atoms with Gasteiger partial charge in [-0.1, -0.05) is 6.07 Å². The molecule has 0 saturated heterocycles. The number of carboxylic acid groups (broad SMARTS) is 1. The maximum atomic E-state index is 11.5. The Morgan fingerprint density at radius 3 is 3.00 bits per heavy atom. The molecule has 20 heavy (non-hydrogen) atoms. The van der Waals surface area contributed by atoms with Gasteiger partial charge in [0, 0.05) is 12.4 Å². The highest BCUT2D eigenvalue weighted by atomic mass is 16.5. The van der Waals surface area contributed by atoms with Crippen molar-refractivity contribution in [3.63, 3.8) is 0 Å². The molecule has 2 aromatic rings. The van der Waals surface area contributed by atoms with Gasteiger partial charge in [0.25, 0.3) is 0 Å². The Kier molecular flexibility index (Phi) is 4.14. The van der Waals surface area contributed by atoms with Crippen molar-refractivity contribution in [1.29, 1.82) is 0 Å². The third-order valence-corrected chi connectivity index (χ3v) is 2.67. The molecule has 1 aromatic carbocycles. The summed E-state index contributed by atoms with van der Waals surface area (Å²) in [4.78, 5) is 26.0. The molecule has 1 heterocycles. The van der Waals surface area contributed by atoms with E-state index >= 15 is 0 Å². The molecule has 0 bridgehead atoms. The van der Waals surface area contributed by atoms with Crippen molar-refractivity contribution in [2.24, 2.45) is 0 Å². The smallest absolute Gasteiger partial charge is 0.347 e. The van der Waals surface area contributed by atoms with E-state index in [1.165, 1.54) is 22.9 Å². The number of hydrogen-bond donors (Lipinski definition) is 1. The second-order valence-corrected chi connectivity index (χ2v) is 4.29. The van der Waals surface area contributed by atoms with Crippen LogP contribution in [-0.4, -0.2) is 27.2 Å². The van der Waals surface area contributed by atoms with Gasteiger partial charge in [-0.3, -0.25) is 4.57 Å². The number of aryl methyl sites for hydroxylation is 1. The summed E-state index contributed by atoms with van der Waals surface area (Å²) < 4.78 is 6.90. The number of carboxylic acids is 1. The summed E-state index contributed by atoms with van der Waals surface area (Å²) in [5.74, 6) is -0.548. The molecule has 0 atom stereocenters. The summed E-state index contributed by atoms with van der Waals surface area (Å²) in [6.45, 7) is 2.46. The largest absolute Gasteiger partial charge is 0.492 e. The van der Waals surface area contributed by atoms with Crippen molar-refractivity contribution >= 4 is 5.97 Å². The fourth-order valence-electron chi connectivity index (χ4n) is 1.71. The summed E-state index contributed by atoms with van der Waals surface area (Å²) in [6.07, 6.45) is 3.21. The van der Waals surface area contributed by atoms with E-state index in [4.69, 9.17) is 9.84 Å². The Balaban J connectivity index is 1.99. The summed E-state index contributed by atoms with van der Waals surface area (Å²) in [5.41, 5.74) is 0.716. The van der Waals surface area contributed by atoms with Crippen LogP contribution in [-0.2, 0) is 6.54 Å². The molecule has 0 amide bonds. The van der Waals surface area contributed by atoms with Crippen LogP contribution in [0.25, 0.3) is 0 Å². The third kappa shape index (κ3) is 3.44. The topological polar surface area (TPSA) is 81.4 Å². The Morgan fingerprint density at radius 2 is 2.25 bits per heavy atom. The zero-order valence-electron chi connectivity index (χ0n) is 10.9.